The van der Waals surface area contributed by atoms with Crippen LogP contribution in [0.15, 0.2) is 12.2 Å². The Hall–Kier alpha value is -1.85. The van der Waals surface area contributed by atoms with Gasteiger partial charge in [0, 0.05) is 6.08 Å². The first kappa shape index (κ1) is 13.2. The maximum Gasteiger partial charge on any atom is 0.327 e. The third kappa shape index (κ3) is 7.24. The summed E-state index contributed by atoms with van der Waals surface area (Å²) in [5.74, 6) is -4.44. The van der Waals surface area contributed by atoms with Crippen molar-refractivity contribution in [2.24, 2.45) is 5.92 Å². The van der Waals surface area contributed by atoms with Gasteiger partial charge in [-0.3, -0.25) is 9.59 Å². The first-order chi connectivity index (χ1) is 6.93. The number of allylic oxidation sites excluding steroid dienone is 1. The van der Waals surface area contributed by atoms with Gasteiger partial charge in [0.2, 0.25) is 0 Å². The van der Waals surface area contributed by atoms with E-state index in [-0.39, 0.29) is 12.8 Å². The number of rotatable bonds is 7. The summed E-state index contributed by atoms with van der Waals surface area (Å²) in [5, 5.41) is 25.3. The molecule has 84 valence electrons. The Morgan fingerprint density at radius 1 is 1.13 bits per heavy atom. The molecule has 0 saturated carbocycles. The fourth-order valence-electron chi connectivity index (χ4n) is 1.01. The van der Waals surface area contributed by atoms with Gasteiger partial charge < -0.3 is 15.3 Å². The second-order valence-corrected chi connectivity index (χ2v) is 2.95. The van der Waals surface area contributed by atoms with Crippen LogP contribution in [0.25, 0.3) is 0 Å². The van der Waals surface area contributed by atoms with Gasteiger partial charge in [0.15, 0.2) is 0 Å². The first-order valence-electron chi connectivity index (χ1n) is 4.27. The molecule has 0 spiro atoms. The second-order valence-electron chi connectivity index (χ2n) is 2.95. The molecule has 0 amide bonds. The number of hydrogen-bond donors (Lipinski definition) is 3. The van der Waals surface area contributed by atoms with Crippen LogP contribution in [0.2, 0.25) is 0 Å². The van der Waals surface area contributed by atoms with E-state index in [2.05, 4.69) is 0 Å². The van der Waals surface area contributed by atoms with E-state index in [0.717, 1.165) is 6.08 Å². The first-order valence-corrected chi connectivity index (χ1v) is 4.27. The monoisotopic (exact) mass is 216 g/mol. The standard InChI is InChI=1S/C9H12O6/c10-7(11)4-2-1-3-6(9(14)15)5-8(12)13/h2,4,6H,1,3,5H2,(H,10,11)(H,12,13)(H,14,15). The molecule has 0 aromatic heterocycles. The van der Waals surface area contributed by atoms with Crippen molar-refractivity contribution in [3.8, 4) is 0 Å². The summed E-state index contributed by atoms with van der Waals surface area (Å²) in [4.78, 5) is 30.9. The lowest BCUT2D eigenvalue weighted by Gasteiger charge is -2.06. The van der Waals surface area contributed by atoms with Crippen molar-refractivity contribution in [1.29, 1.82) is 0 Å². The number of carboxylic acids is 3. The summed E-state index contributed by atoms with van der Waals surface area (Å²) in [6.45, 7) is 0. The van der Waals surface area contributed by atoms with Gasteiger partial charge in [-0.1, -0.05) is 6.08 Å². The maximum absolute atomic E-state index is 10.6. The second kappa shape index (κ2) is 6.58. The Bertz CT molecular complexity index is 280. The van der Waals surface area contributed by atoms with Crippen molar-refractivity contribution in [3.05, 3.63) is 12.2 Å². The Balaban J connectivity index is 4.02. The quantitative estimate of drug-likeness (QED) is 0.537. The summed E-state index contributed by atoms with van der Waals surface area (Å²) >= 11 is 0. The van der Waals surface area contributed by atoms with Gasteiger partial charge in [0.25, 0.3) is 0 Å². The molecule has 0 rings (SSSR count). The van der Waals surface area contributed by atoms with Gasteiger partial charge in [-0.2, -0.15) is 0 Å². The largest absolute Gasteiger partial charge is 0.481 e. The van der Waals surface area contributed by atoms with Crippen molar-refractivity contribution < 1.29 is 29.7 Å². The van der Waals surface area contributed by atoms with Crippen LogP contribution in [0.5, 0.6) is 0 Å². The zero-order valence-electron chi connectivity index (χ0n) is 7.92. The smallest absolute Gasteiger partial charge is 0.327 e. The Labute approximate surface area is 85.8 Å². The van der Waals surface area contributed by atoms with Crippen LogP contribution in [-0.2, 0) is 14.4 Å². The highest BCUT2D eigenvalue weighted by atomic mass is 16.4. The van der Waals surface area contributed by atoms with Crippen LogP contribution in [0.3, 0.4) is 0 Å². The number of aliphatic carboxylic acids is 3. The molecule has 0 aliphatic carbocycles. The predicted molar refractivity (Wildman–Crippen MR) is 49.4 cm³/mol. The van der Waals surface area contributed by atoms with Gasteiger partial charge in [0.1, 0.15) is 0 Å². The molecule has 1 atom stereocenters. The van der Waals surface area contributed by atoms with Crippen LogP contribution in [0.1, 0.15) is 19.3 Å². The van der Waals surface area contributed by atoms with Crippen molar-refractivity contribution in [1.82, 2.24) is 0 Å². The predicted octanol–water partition coefficient (Wildman–Crippen LogP) is 0.583. The van der Waals surface area contributed by atoms with Crippen LogP contribution in [0, 0.1) is 5.92 Å². The molecule has 6 heteroatoms. The highest BCUT2D eigenvalue weighted by Crippen LogP contribution is 2.12. The molecule has 1 unspecified atom stereocenters. The average molecular weight is 216 g/mol. The molecule has 6 nitrogen and oxygen atoms in total. The summed E-state index contributed by atoms with van der Waals surface area (Å²) in [7, 11) is 0. The Kier molecular flexibility index (Phi) is 5.77. The maximum atomic E-state index is 10.6. The van der Waals surface area contributed by atoms with Gasteiger partial charge in [-0.25, -0.2) is 4.79 Å². The van der Waals surface area contributed by atoms with E-state index in [1.807, 2.05) is 0 Å². The lowest BCUT2D eigenvalue weighted by Crippen LogP contribution is -2.17. The van der Waals surface area contributed by atoms with Crippen molar-refractivity contribution in [3.63, 3.8) is 0 Å². The highest BCUT2D eigenvalue weighted by molar-refractivity contribution is 5.79. The molecule has 0 aliphatic rings. The van der Waals surface area contributed by atoms with E-state index in [1.54, 1.807) is 0 Å². The third-order valence-electron chi connectivity index (χ3n) is 1.71. The molecule has 0 heterocycles. The lowest BCUT2D eigenvalue weighted by molar-refractivity contribution is -0.148. The van der Waals surface area contributed by atoms with Gasteiger partial charge in [0.05, 0.1) is 12.3 Å². The number of hydrogen-bond acceptors (Lipinski definition) is 3. The molecule has 0 radical (unpaired) electrons. The van der Waals surface area contributed by atoms with Crippen LogP contribution in [-0.4, -0.2) is 33.2 Å². The molecule has 0 aliphatic heterocycles. The van der Waals surface area contributed by atoms with E-state index in [9.17, 15) is 14.4 Å². The van der Waals surface area contributed by atoms with Crippen molar-refractivity contribution >= 4 is 17.9 Å². The number of carbonyl (C=O) groups is 3. The van der Waals surface area contributed by atoms with Gasteiger partial charge >= 0.3 is 17.9 Å². The number of carboxylic acid groups (broad SMARTS) is 3. The molecular weight excluding hydrogens is 204 g/mol. The Morgan fingerprint density at radius 2 is 1.73 bits per heavy atom. The van der Waals surface area contributed by atoms with Crippen molar-refractivity contribution in [2.45, 2.75) is 19.3 Å². The van der Waals surface area contributed by atoms with E-state index in [0.29, 0.717) is 0 Å². The molecule has 0 saturated heterocycles. The van der Waals surface area contributed by atoms with E-state index in [4.69, 9.17) is 15.3 Å². The van der Waals surface area contributed by atoms with Crippen LogP contribution < -0.4 is 0 Å². The molecule has 0 fully saturated rings. The minimum atomic E-state index is -1.18. The van der Waals surface area contributed by atoms with Crippen LogP contribution in [0.4, 0.5) is 0 Å². The minimum Gasteiger partial charge on any atom is -0.481 e. The van der Waals surface area contributed by atoms with E-state index >= 15 is 0 Å². The van der Waals surface area contributed by atoms with E-state index in [1.165, 1.54) is 6.08 Å². The molecular formula is C9H12O6. The SMILES string of the molecule is O=C(O)C=CCCC(CC(=O)O)C(=O)O. The van der Waals surface area contributed by atoms with Gasteiger partial charge in [-0.15, -0.1) is 0 Å². The fourth-order valence-corrected chi connectivity index (χ4v) is 1.01. The van der Waals surface area contributed by atoms with E-state index < -0.39 is 30.2 Å². The zero-order chi connectivity index (χ0) is 11.8. The van der Waals surface area contributed by atoms with Crippen molar-refractivity contribution in [2.75, 3.05) is 0 Å². The summed E-state index contributed by atoms with van der Waals surface area (Å²) < 4.78 is 0. The highest BCUT2D eigenvalue weighted by Gasteiger charge is 2.19. The summed E-state index contributed by atoms with van der Waals surface area (Å²) in [5.41, 5.74) is 0. The normalized spacial score (nSPS) is 12.5. The van der Waals surface area contributed by atoms with Crippen LogP contribution >= 0.6 is 0 Å². The third-order valence-corrected chi connectivity index (χ3v) is 1.71. The molecule has 0 aromatic carbocycles. The lowest BCUT2D eigenvalue weighted by atomic mass is 10.00. The molecule has 3 N–H and O–H groups in total. The summed E-state index contributed by atoms with van der Waals surface area (Å²) in [6.07, 6.45) is 2.11. The Morgan fingerprint density at radius 3 is 2.13 bits per heavy atom. The zero-order valence-corrected chi connectivity index (χ0v) is 7.92. The molecule has 0 bridgehead atoms. The fraction of sp³-hybridized carbons (Fsp3) is 0.444. The topological polar surface area (TPSA) is 112 Å². The summed E-state index contributed by atoms with van der Waals surface area (Å²) in [6, 6.07) is 0. The minimum absolute atomic E-state index is 0.116. The van der Waals surface area contributed by atoms with Gasteiger partial charge in [-0.05, 0) is 12.8 Å². The molecule has 15 heavy (non-hydrogen) atoms. The molecule has 0 aromatic rings. The average Bonchev–Trinajstić information content (AvgIpc) is 2.08.